The number of carbonyl (C=O) groups is 1. The highest BCUT2D eigenvalue weighted by Crippen LogP contribution is 2.43. The first-order valence-electron chi connectivity index (χ1n) is 10.3. The molecule has 3 saturated heterocycles. The van der Waals surface area contributed by atoms with Gasteiger partial charge in [-0.15, -0.1) is 0 Å². The van der Waals surface area contributed by atoms with Crippen molar-refractivity contribution in [1.82, 2.24) is 9.80 Å². The molecule has 0 radical (unpaired) electrons. The van der Waals surface area contributed by atoms with Crippen LogP contribution < -0.4 is 0 Å². The molecule has 2 unspecified atom stereocenters. The van der Waals surface area contributed by atoms with Gasteiger partial charge in [0, 0.05) is 25.2 Å². The number of hydrogen-bond donors (Lipinski definition) is 0. The highest BCUT2D eigenvalue weighted by atomic mass is 16.2. The predicted octanol–water partition coefficient (Wildman–Crippen LogP) is 5.13. The summed E-state index contributed by atoms with van der Waals surface area (Å²) in [5, 5.41) is 0. The van der Waals surface area contributed by atoms with E-state index >= 15 is 0 Å². The van der Waals surface area contributed by atoms with Gasteiger partial charge >= 0.3 is 6.03 Å². The molecule has 3 aliphatic heterocycles. The number of fused-ring (bicyclic) bond motifs is 2. The Morgan fingerprint density at radius 1 is 0.960 bits per heavy atom. The van der Waals surface area contributed by atoms with Crippen LogP contribution in [0.1, 0.15) is 81.8 Å². The van der Waals surface area contributed by atoms with Crippen molar-refractivity contribution in [2.45, 2.75) is 82.7 Å². The number of benzene rings is 1. The molecule has 2 bridgehead atoms. The third-order valence-electron chi connectivity index (χ3n) is 6.66. The first kappa shape index (κ1) is 16.9. The number of amides is 2. The quantitative estimate of drug-likeness (QED) is 0.732. The molecule has 0 aliphatic carbocycles. The van der Waals surface area contributed by atoms with Crippen LogP contribution in [0.3, 0.4) is 0 Å². The Balaban J connectivity index is 1.45. The third-order valence-corrected chi connectivity index (χ3v) is 6.66. The maximum atomic E-state index is 13.0. The van der Waals surface area contributed by atoms with Crippen molar-refractivity contribution in [1.29, 1.82) is 0 Å². The van der Waals surface area contributed by atoms with Gasteiger partial charge in [0.2, 0.25) is 0 Å². The Morgan fingerprint density at radius 3 is 2.12 bits per heavy atom. The number of rotatable bonds is 2. The van der Waals surface area contributed by atoms with Gasteiger partial charge in [-0.25, -0.2) is 4.79 Å². The van der Waals surface area contributed by atoms with Crippen molar-refractivity contribution < 1.29 is 4.79 Å². The second-order valence-corrected chi connectivity index (χ2v) is 8.61. The summed E-state index contributed by atoms with van der Waals surface area (Å²) < 4.78 is 0. The Kier molecular flexibility index (Phi) is 4.75. The van der Waals surface area contributed by atoms with Crippen LogP contribution in [0.15, 0.2) is 24.3 Å². The molecule has 3 aliphatic rings. The van der Waals surface area contributed by atoms with Crippen LogP contribution in [-0.2, 0) is 0 Å². The van der Waals surface area contributed by atoms with Gasteiger partial charge in [-0.05, 0) is 67.9 Å². The molecule has 3 heteroatoms. The van der Waals surface area contributed by atoms with Crippen LogP contribution in [0, 0.1) is 0 Å². The van der Waals surface area contributed by atoms with Crippen molar-refractivity contribution in [2.24, 2.45) is 0 Å². The third kappa shape index (κ3) is 3.30. The zero-order valence-electron chi connectivity index (χ0n) is 15.8. The van der Waals surface area contributed by atoms with E-state index in [9.17, 15) is 4.79 Å². The summed E-state index contributed by atoms with van der Waals surface area (Å²) in [6, 6.07) is 10.5. The second kappa shape index (κ2) is 7.01. The van der Waals surface area contributed by atoms with Gasteiger partial charge in [-0.1, -0.05) is 38.1 Å². The van der Waals surface area contributed by atoms with Crippen LogP contribution in [0.5, 0.6) is 0 Å². The fourth-order valence-corrected chi connectivity index (χ4v) is 5.16. The lowest BCUT2D eigenvalue weighted by atomic mass is 9.84. The van der Waals surface area contributed by atoms with Crippen molar-refractivity contribution in [3.05, 3.63) is 35.4 Å². The molecule has 4 rings (SSSR count). The topological polar surface area (TPSA) is 23.6 Å². The van der Waals surface area contributed by atoms with Crippen LogP contribution in [0.25, 0.3) is 0 Å². The number of urea groups is 1. The van der Waals surface area contributed by atoms with Crippen molar-refractivity contribution in [3.8, 4) is 0 Å². The van der Waals surface area contributed by atoms with Crippen LogP contribution in [0.2, 0.25) is 0 Å². The molecule has 1 aromatic rings. The highest BCUT2D eigenvalue weighted by molar-refractivity contribution is 5.76. The van der Waals surface area contributed by atoms with Gasteiger partial charge in [-0.2, -0.15) is 0 Å². The molecule has 2 atom stereocenters. The van der Waals surface area contributed by atoms with Crippen molar-refractivity contribution in [3.63, 3.8) is 0 Å². The standard InChI is InChI=1S/C22H32N2O/c1-16(2)17-6-8-18(9-7-17)19-14-20-10-11-21(15-19)24(20)22(25)23-12-4-3-5-13-23/h6-9,16,19-21H,3-5,10-15H2,1-2H3. The fraction of sp³-hybridized carbons (Fsp3) is 0.682. The molecule has 0 spiro atoms. The minimum Gasteiger partial charge on any atom is -0.325 e. The monoisotopic (exact) mass is 340 g/mol. The summed E-state index contributed by atoms with van der Waals surface area (Å²) in [7, 11) is 0. The summed E-state index contributed by atoms with van der Waals surface area (Å²) in [4.78, 5) is 17.4. The van der Waals surface area contributed by atoms with E-state index in [2.05, 4.69) is 47.9 Å². The van der Waals surface area contributed by atoms with Gasteiger partial charge in [0.25, 0.3) is 0 Å². The lowest BCUT2D eigenvalue weighted by Gasteiger charge is -2.42. The van der Waals surface area contributed by atoms with E-state index in [0.29, 0.717) is 30.0 Å². The molecule has 1 aromatic carbocycles. The van der Waals surface area contributed by atoms with Crippen molar-refractivity contribution >= 4 is 6.03 Å². The molecule has 136 valence electrons. The van der Waals surface area contributed by atoms with Crippen molar-refractivity contribution in [2.75, 3.05) is 13.1 Å². The normalized spacial score (nSPS) is 29.3. The van der Waals surface area contributed by atoms with E-state index in [4.69, 9.17) is 0 Å². The minimum atomic E-state index is 0.334. The lowest BCUT2D eigenvalue weighted by Crippen LogP contribution is -2.53. The molecular weight excluding hydrogens is 308 g/mol. The minimum absolute atomic E-state index is 0.334. The average Bonchev–Trinajstić information content (AvgIpc) is 2.91. The summed E-state index contributed by atoms with van der Waals surface area (Å²) in [5.41, 5.74) is 2.90. The maximum absolute atomic E-state index is 13.0. The summed E-state index contributed by atoms with van der Waals surface area (Å²) in [5.74, 6) is 1.22. The molecule has 0 aromatic heterocycles. The molecule has 3 fully saturated rings. The molecule has 3 nitrogen and oxygen atoms in total. The Labute approximate surface area is 152 Å². The zero-order chi connectivity index (χ0) is 17.4. The number of hydrogen-bond acceptors (Lipinski definition) is 1. The van der Waals surface area contributed by atoms with Gasteiger partial charge < -0.3 is 9.80 Å². The van der Waals surface area contributed by atoms with E-state index < -0.39 is 0 Å². The second-order valence-electron chi connectivity index (χ2n) is 8.61. The maximum Gasteiger partial charge on any atom is 0.320 e. The van der Waals surface area contributed by atoms with Crippen LogP contribution in [-0.4, -0.2) is 41.0 Å². The first-order chi connectivity index (χ1) is 12.1. The molecule has 0 saturated carbocycles. The Morgan fingerprint density at radius 2 is 1.56 bits per heavy atom. The summed E-state index contributed by atoms with van der Waals surface area (Å²) in [6.45, 7) is 6.43. The van der Waals surface area contributed by atoms with Gasteiger partial charge in [0.1, 0.15) is 0 Å². The molecule has 25 heavy (non-hydrogen) atoms. The molecule has 0 N–H and O–H groups in total. The molecular formula is C22H32N2O. The number of piperidine rings is 2. The SMILES string of the molecule is CC(C)c1ccc(C2CC3CCC(C2)N3C(=O)N2CCCCC2)cc1. The van der Waals surface area contributed by atoms with E-state index in [1.807, 2.05) is 0 Å². The van der Waals surface area contributed by atoms with E-state index in [1.165, 1.54) is 43.2 Å². The number of nitrogens with zero attached hydrogens (tertiary/aromatic N) is 2. The van der Waals surface area contributed by atoms with Crippen LogP contribution in [0.4, 0.5) is 4.79 Å². The van der Waals surface area contributed by atoms with Gasteiger partial charge in [0.15, 0.2) is 0 Å². The highest BCUT2D eigenvalue weighted by Gasteiger charge is 2.44. The van der Waals surface area contributed by atoms with E-state index in [1.54, 1.807) is 0 Å². The Bertz CT molecular complexity index is 589. The lowest BCUT2D eigenvalue weighted by molar-refractivity contribution is 0.0991. The Hall–Kier alpha value is -1.51. The van der Waals surface area contributed by atoms with Gasteiger partial charge in [0.05, 0.1) is 0 Å². The number of likely N-dealkylation sites (tertiary alicyclic amines) is 1. The van der Waals surface area contributed by atoms with E-state index in [0.717, 1.165) is 25.9 Å². The molecule has 3 heterocycles. The largest absolute Gasteiger partial charge is 0.325 e. The van der Waals surface area contributed by atoms with Crippen LogP contribution >= 0.6 is 0 Å². The smallest absolute Gasteiger partial charge is 0.320 e. The average molecular weight is 341 g/mol. The molecule has 2 amide bonds. The van der Waals surface area contributed by atoms with E-state index in [-0.39, 0.29) is 0 Å². The zero-order valence-corrected chi connectivity index (χ0v) is 15.8. The summed E-state index contributed by atoms with van der Waals surface area (Å²) >= 11 is 0. The first-order valence-corrected chi connectivity index (χ1v) is 10.3. The van der Waals surface area contributed by atoms with Gasteiger partial charge in [-0.3, -0.25) is 0 Å². The predicted molar refractivity (Wildman–Crippen MR) is 102 cm³/mol. The number of carbonyl (C=O) groups excluding carboxylic acids is 1. The summed E-state index contributed by atoms with van der Waals surface area (Å²) in [6.07, 6.45) is 8.34. The fourth-order valence-electron chi connectivity index (χ4n) is 5.16.